The second kappa shape index (κ2) is 9.56. The van der Waals surface area contributed by atoms with Gasteiger partial charge in [-0.05, 0) is 37.3 Å². The number of nitrogens with zero attached hydrogens (tertiary/aromatic N) is 2. The van der Waals surface area contributed by atoms with Crippen LogP contribution in [0.3, 0.4) is 0 Å². The van der Waals surface area contributed by atoms with Crippen LogP contribution >= 0.6 is 0 Å². The molecule has 0 bridgehead atoms. The fraction of sp³-hybridized carbons (Fsp3) is 0.632. The molecule has 0 aliphatic carbocycles. The summed E-state index contributed by atoms with van der Waals surface area (Å²) in [7, 11) is 0. The zero-order chi connectivity index (χ0) is 16.5. The highest BCUT2D eigenvalue weighted by atomic mass is 16.2. The molecule has 1 atom stereocenters. The number of carbonyl (C=O) groups is 1. The minimum atomic E-state index is 0.0563. The van der Waals surface area contributed by atoms with E-state index in [9.17, 15) is 4.79 Å². The zero-order valence-electron chi connectivity index (χ0n) is 14.6. The van der Waals surface area contributed by atoms with E-state index < -0.39 is 0 Å². The molecule has 1 aliphatic heterocycles. The normalized spacial score (nSPS) is 18.6. The van der Waals surface area contributed by atoms with Crippen molar-refractivity contribution in [2.45, 2.75) is 39.7 Å². The van der Waals surface area contributed by atoms with Gasteiger partial charge < -0.3 is 15.1 Å². The van der Waals surface area contributed by atoms with Gasteiger partial charge in [-0.3, -0.25) is 0 Å². The van der Waals surface area contributed by atoms with Crippen molar-refractivity contribution in [3.8, 4) is 0 Å². The van der Waals surface area contributed by atoms with E-state index in [2.05, 4.69) is 36.2 Å². The van der Waals surface area contributed by atoms with E-state index in [1.54, 1.807) is 0 Å². The number of rotatable bonds is 7. The van der Waals surface area contributed by atoms with Crippen molar-refractivity contribution >= 4 is 6.03 Å². The molecule has 1 heterocycles. The van der Waals surface area contributed by atoms with Gasteiger partial charge in [-0.1, -0.05) is 44.2 Å². The minimum absolute atomic E-state index is 0.0563. The maximum atomic E-state index is 12.4. The number of benzene rings is 1. The topological polar surface area (TPSA) is 35.6 Å². The first-order chi connectivity index (χ1) is 11.2. The van der Waals surface area contributed by atoms with Crippen LogP contribution in [0.15, 0.2) is 30.3 Å². The molecule has 23 heavy (non-hydrogen) atoms. The monoisotopic (exact) mass is 317 g/mol. The molecule has 4 nitrogen and oxygen atoms in total. The molecule has 1 aliphatic rings. The molecule has 1 aromatic rings. The Morgan fingerprint density at radius 1 is 1.35 bits per heavy atom. The lowest BCUT2D eigenvalue weighted by atomic mass is 10.0. The largest absolute Gasteiger partial charge is 0.337 e. The summed E-state index contributed by atoms with van der Waals surface area (Å²) in [4.78, 5) is 16.8. The first-order valence-corrected chi connectivity index (χ1v) is 8.98. The Morgan fingerprint density at radius 3 is 2.83 bits per heavy atom. The summed E-state index contributed by atoms with van der Waals surface area (Å²) in [5.41, 5.74) is 1.18. The predicted molar refractivity (Wildman–Crippen MR) is 95.4 cm³/mol. The molecule has 1 saturated heterocycles. The van der Waals surface area contributed by atoms with Crippen molar-refractivity contribution in [2.24, 2.45) is 5.92 Å². The average molecular weight is 317 g/mol. The quantitative estimate of drug-likeness (QED) is 0.837. The number of piperidine rings is 1. The van der Waals surface area contributed by atoms with Crippen LogP contribution in [0.2, 0.25) is 0 Å². The molecule has 0 saturated carbocycles. The number of amides is 2. The van der Waals surface area contributed by atoms with Crippen molar-refractivity contribution in [3.63, 3.8) is 0 Å². The third kappa shape index (κ3) is 6.22. The van der Waals surface area contributed by atoms with Crippen molar-refractivity contribution in [3.05, 3.63) is 35.9 Å². The predicted octanol–water partition coefficient (Wildman–Crippen LogP) is 3.34. The van der Waals surface area contributed by atoms with E-state index in [-0.39, 0.29) is 6.03 Å². The van der Waals surface area contributed by atoms with Gasteiger partial charge in [0.25, 0.3) is 0 Å². The second-order valence-corrected chi connectivity index (χ2v) is 6.69. The fourth-order valence-corrected chi connectivity index (χ4v) is 3.25. The summed E-state index contributed by atoms with van der Waals surface area (Å²) in [6.07, 6.45) is 3.60. The molecule has 1 N–H and O–H groups in total. The molecule has 0 radical (unpaired) electrons. The summed E-state index contributed by atoms with van der Waals surface area (Å²) in [6.45, 7) is 9.93. The Balaban J connectivity index is 1.76. The Hall–Kier alpha value is -1.55. The molecule has 4 heteroatoms. The third-order valence-electron chi connectivity index (χ3n) is 4.44. The summed E-state index contributed by atoms with van der Waals surface area (Å²) in [5.74, 6) is 0.786. The number of likely N-dealkylation sites (tertiary alicyclic amines) is 1. The number of hydrogen-bond acceptors (Lipinski definition) is 2. The highest BCUT2D eigenvalue weighted by Crippen LogP contribution is 2.14. The van der Waals surface area contributed by atoms with Gasteiger partial charge in [0.05, 0.1) is 0 Å². The van der Waals surface area contributed by atoms with Crippen LogP contribution in [0, 0.1) is 5.92 Å². The zero-order valence-corrected chi connectivity index (χ0v) is 14.6. The summed E-state index contributed by atoms with van der Waals surface area (Å²) < 4.78 is 0. The summed E-state index contributed by atoms with van der Waals surface area (Å²) >= 11 is 0. The highest BCUT2D eigenvalue weighted by Gasteiger charge is 2.17. The highest BCUT2D eigenvalue weighted by molar-refractivity contribution is 5.74. The fourth-order valence-electron chi connectivity index (χ4n) is 3.25. The first-order valence-electron chi connectivity index (χ1n) is 8.98. The van der Waals surface area contributed by atoms with Gasteiger partial charge in [-0.25, -0.2) is 4.79 Å². The lowest BCUT2D eigenvalue weighted by molar-refractivity contribution is 0.175. The molecule has 1 aromatic carbocycles. The van der Waals surface area contributed by atoms with Gasteiger partial charge >= 0.3 is 6.03 Å². The van der Waals surface area contributed by atoms with Crippen molar-refractivity contribution in [1.29, 1.82) is 0 Å². The average Bonchev–Trinajstić information content (AvgIpc) is 2.55. The third-order valence-corrected chi connectivity index (χ3v) is 4.44. The smallest absolute Gasteiger partial charge is 0.317 e. The van der Waals surface area contributed by atoms with Gasteiger partial charge in [0.2, 0.25) is 0 Å². The van der Waals surface area contributed by atoms with E-state index in [1.807, 2.05) is 23.1 Å². The number of nitrogens with one attached hydrogen (secondary N) is 1. The summed E-state index contributed by atoms with van der Waals surface area (Å²) in [5, 5.41) is 3.10. The molecule has 128 valence electrons. The van der Waals surface area contributed by atoms with Crippen molar-refractivity contribution in [1.82, 2.24) is 15.1 Å². The van der Waals surface area contributed by atoms with Gasteiger partial charge in [0.1, 0.15) is 0 Å². The van der Waals surface area contributed by atoms with Crippen LogP contribution in [-0.2, 0) is 6.54 Å². The van der Waals surface area contributed by atoms with Crippen LogP contribution in [0.5, 0.6) is 0 Å². The van der Waals surface area contributed by atoms with E-state index in [0.717, 1.165) is 32.0 Å². The van der Waals surface area contributed by atoms with Crippen LogP contribution in [0.1, 0.15) is 38.7 Å². The molecule has 2 amide bonds. The molecule has 2 rings (SSSR count). The molecule has 0 aromatic heterocycles. The van der Waals surface area contributed by atoms with Crippen LogP contribution in [-0.4, -0.2) is 48.6 Å². The second-order valence-electron chi connectivity index (χ2n) is 6.69. The Labute approximate surface area is 140 Å². The van der Waals surface area contributed by atoms with E-state index >= 15 is 0 Å². The number of urea groups is 1. The minimum Gasteiger partial charge on any atom is -0.337 e. The lowest BCUT2D eigenvalue weighted by Crippen LogP contribution is -2.44. The van der Waals surface area contributed by atoms with Gasteiger partial charge in [0, 0.05) is 32.7 Å². The Bertz CT molecular complexity index is 463. The molecular weight excluding hydrogens is 286 g/mol. The first kappa shape index (κ1) is 17.8. The molecule has 0 spiro atoms. The molecule has 1 fully saturated rings. The van der Waals surface area contributed by atoms with Gasteiger partial charge in [-0.15, -0.1) is 0 Å². The van der Waals surface area contributed by atoms with Crippen LogP contribution < -0.4 is 5.32 Å². The number of hydrogen-bond donors (Lipinski definition) is 1. The maximum Gasteiger partial charge on any atom is 0.317 e. The van der Waals surface area contributed by atoms with E-state index in [4.69, 9.17) is 0 Å². The van der Waals surface area contributed by atoms with E-state index in [0.29, 0.717) is 6.54 Å². The standard InChI is InChI=1S/C19H31N3O/c1-3-12-22(16-18-9-5-4-6-10-18)19(23)20-11-14-21-13-7-8-17(2)15-21/h4-6,9-10,17H,3,7-8,11-16H2,1-2H3,(H,20,23). The van der Waals surface area contributed by atoms with Crippen molar-refractivity contribution in [2.75, 3.05) is 32.7 Å². The molecule has 1 unspecified atom stereocenters. The molecular formula is C19H31N3O. The van der Waals surface area contributed by atoms with E-state index in [1.165, 1.54) is 31.5 Å². The Kier molecular flexibility index (Phi) is 7.40. The lowest BCUT2D eigenvalue weighted by Gasteiger charge is -2.31. The van der Waals surface area contributed by atoms with Crippen LogP contribution in [0.25, 0.3) is 0 Å². The van der Waals surface area contributed by atoms with Gasteiger partial charge in [-0.2, -0.15) is 0 Å². The summed E-state index contributed by atoms with van der Waals surface area (Å²) in [6, 6.07) is 10.3. The van der Waals surface area contributed by atoms with Gasteiger partial charge in [0.15, 0.2) is 0 Å². The van der Waals surface area contributed by atoms with Crippen LogP contribution in [0.4, 0.5) is 4.79 Å². The number of carbonyl (C=O) groups excluding carboxylic acids is 1. The van der Waals surface area contributed by atoms with Crippen molar-refractivity contribution < 1.29 is 4.79 Å². The maximum absolute atomic E-state index is 12.4. The Morgan fingerprint density at radius 2 is 2.13 bits per heavy atom. The SMILES string of the molecule is CCCN(Cc1ccccc1)C(=O)NCCN1CCCC(C)C1.